The van der Waals surface area contributed by atoms with Gasteiger partial charge in [0.05, 0.1) is 22.3 Å². The summed E-state index contributed by atoms with van der Waals surface area (Å²) in [5.41, 5.74) is 1.15. The third-order valence-corrected chi connectivity index (χ3v) is 4.21. The summed E-state index contributed by atoms with van der Waals surface area (Å²) in [5.74, 6) is 0. The first-order chi connectivity index (χ1) is 8.78. The molecular weight excluding hydrogens is 248 g/mol. The number of fused-ring (bicyclic) bond motifs is 1. The van der Waals surface area contributed by atoms with Gasteiger partial charge < -0.3 is 4.84 Å². The zero-order valence-corrected chi connectivity index (χ0v) is 10.9. The molecule has 0 bridgehead atoms. The lowest BCUT2D eigenvalue weighted by Crippen LogP contribution is -2.22. The Bertz CT molecular complexity index is 656. The van der Waals surface area contributed by atoms with Gasteiger partial charge in [-0.05, 0) is 18.6 Å². The van der Waals surface area contributed by atoms with E-state index in [-0.39, 0.29) is 11.7 Å². The number of nitrogens with zero attached hydrogens (tertiary/aromatic N) is 2. The van der Waals surface area contributed by atoms with Gasteiger partial charge in [0.2, 0.25) is 0 Å². The van der Waals surface area contributed by atoms with Crippen molar-refractivity contribution in [3.05, 3.63) is 34.6 Å². The van der Waals surface area contributed by atoms with Gasteiger partial charge in [0.25, 0.3) is 5.56 Å². The van der Waals surface area contributed by atoms with E-state index in [2.05, 4.69) is 12.1 Å². The normalized spacial score (nSPS) is 18.9. The molecule has 2 aromatic rings. The van der Waals surface area contributed by atoms with Crippen molar-refractivity contribution in [2.45, 2.75) is 32.4 Å². The van der Waals surface area contributed by atoms with Gasteiger partial charge in [-0.25, -0.2) is 0 Å². The average molecular weight is 262 g/mol. The molecule has 1 aromatic heterocycles. The monoisotopic (exact) mass is 262 g/mol. The van der Waals surface area contributed by atoms with Crippen LogP contribution in [0.1, 0.15) is 19.8 Å². The Morgan fingerprint density at radius 1 is 1.50 bits per heavy atom. The van der Waals surface area contributed by atoms with Gasteiger partial charge in [-0.15, -0.1) is 0 Å². The van der Waals surface area contributed by atoms with Crippen molar-refractivity contribution in [2.75, 3.05) is 0 Å². The predicted molar refractivity (Wildman–Crippen MR) is 73.3 cm³/mol. The van der Waals surface area contributed by atoms with Crippen molar-refractivity contribution < 1.29 is 4.84 Å². The van der Waals surface area contributed by atoms with Gasteiger partial charge in [-0.1, -0.05) is 35.7 Å². The molecule has 0 N–H and O–H groups in total. The summed E-state index contributed by atoms with van der Waals surface area (Å²) in [5, 5.41) is 4.81. The minimum absolute atomic E-state index is 0.00529. The number of hydrogen-bond acceptors (Lipinski definition) is 4. The third-order valence-electron chi connectivity index (χ3n) is 3.12. The van der Waals surface area contributed by atoms with Crippen molar-refractivity contribution in [3.8, 4) is 0 Å². The number of hydrogen-bond donors (Lipinski definition) is 0. The quantitative estimate of drug-likeness (QED) is 0.853. The van der Waals surface area contributed by atoms with Crippen LogP contribution in [0.5, 0.6) is 0 Å². The molecule has 0 fully saturated rings. The smallest absolute Gasteiger partial charge is 0.268 e. The fourth-order valence-electron chi connectivity index (χ4n) is 2.12. The van der Waals surface area contributed by atoms with Crippen LogP contribution in [-0.2, 0) is 11.4 Å². The first-order valence-corrected chi connectivity index (χ1v) is 6.85. The molecular formula is C13H14N2O2S. The first-order valence-electron chi connectivity index (χ1n) is 6.08. The zero-order valence-electron chi connectivity index (χ0n) is 10.1. The second kappa shape index (κ2) is 4.57. The van der Waals surface area contributed by atoms with Crippen LogP contribution in [0, 0.1) is 0 Å². The molecule has 5 heteroatoms. The summed E-state index contributed by atoms with van der Waals surface area (Å²) in [6.45, 7) is 2.65. The topological polar surface area (TPSA) is 43.6 Å². The van der Waals surface area contributed by atoms with E-state index < -0.39 is 0 Å². The maximum absolute atomic E-state index is 12.1. The van der Waals surface area contributed by atoms with Crippen molar-refractivity contribution in [1.82, 2.24) is 3.96 Å². The largest absolute Gasteiger partial charge is 0.390 e. The Labute approximate surface area is 109 Å². The highest BCUT2D eigenvalue weighted by Gasteiger charge is 2.21. The van der Waals surface area contributed by atoms with Gasteiger partial charge in [-0.2, -0.15) is 0 Å². The molecule has 0 amide bonds. The van der Waals surface area contributed by atoms with E-state index in [1.807, 2.05) is 24.3 Å². The number of aromatic nitrogens is 1. The maximum atomic E-state index is 12.1. The van der Waals surface area contributed by atoms with Crippen LogP contribution < -0.4 is 5.56 Å². The molecule has 0 spiro atoms. The van der Waals surface area contributed by atoms with Crippen molar-refractivity contribution >= 4 is 27.3 Å². The molecule has 4 nitrogen and oxygen atoms in total. The minimum atomic E-state index is 0.00529. The summed E-state index contributed by atoms with van der Waals surface area (Å²) in [4.78, 5) is 17.5. The van der Waals surface area contributed by atoms with Crippen molar-refractivity contribution in [3.63, 3.8) is 0 Å². The average Bonchev–Trinajstić information content (AvgIpc) is 2.97. The van der Waals surface area contributed by atoms with Crippen LogP contribution >= 0.6 is 11.5 Å². The van der Waals surface area contributed by atoms with Gasteiger partial charge in [-0.3, -0.25) is 8.75 Å². The second-order valence-electron chi connectivity index (χ2n) is 4.40. The Hall–Kier alpha value is -1.62. The van der Waals surface area contributed by atoms with Gasteiger partial charge >= 0.3 is 0 Å². The van der Waals surface area contributed by atoms with Gasteiger partial charge in [0, 0.05) is 6.42 Å². The fourth-order valence-corrected chi connectivity index (χ4v) is 3.17. The molecule has 94 valence electrons. The highest BCUT2D eigenvalue weighted by atomic mass is 32.1. The second-order valence-corrected chi connectivity index (χ2v) is 5.46. The SMILES string of the molecule is CCC1=NOC(Cn2sc3ccccc3c2=O)C1. The number of benzene rings is 1. The molecule has 1 atom stereocenters. The Morgan fingerprint density at radius 2 is 2.33 bits per heavy atom. The standard InChI is InChI=1S/C13H14N2O2S/c1-2-9-7-10(17-14-9)8-15-13(16)11-5-3-4-6-12(11)18-15/h3-6,10H,2,7-8H2,1H3. The predicted octanol–water partition coefficient (Wildman–Crippen LogP) is 2.62. The van der Waals surface area contributed by atoms with Crippen LogP contribution in [0.3, 0.4) is 0 Å². The first kappa shape index (κ1) is 11.5. The molecule has 18 heavy (non-hydrogen) atoms. The van der Waals surface area contributed by atoms with E-state index in [0.717, 1.165) is 28.6 Å². The fraction of sp³-hybridized carbons (Fsp3) is 0.385. The molecule has 3 rings (SSSR count). The lowest BCUT2D eigenvalue weighted by atomic mass is 10.1. The van der Waals surface area contributed by atoms with E-state index >= 15 is 0 Å². The number of oxime groups is 1. The number of rotatable bonds is 3. The lowest BCUT2D eigenvalue weighted by molar-refractivity contribution is 0.0741. The molecule has 1 aliphatic rings. The third kappa shape index (κ3) is 1.95. The van der Waals surface area contributed by atoms with Crippen LogP contribution in [0.25, 0.3) is 10.1 Å². The summed E-state index contributed by atoms with van der Waals surface area (Å²) in [6.07, 6.45) is 1.75. The highest BCUT2D eigenvalue weighted by molar-refractivity contribution is 7.13. The van der Waals surface area contributed by atoms with E-state index in [9.17, 15) is 4.79 Å². The summed E-state index contributed by atoms with van der Waals surface area (Å²) in [6, 6.07) is 7.69. The van der Waals surface area contributed by atoms with Gasteiger partial charge in [0.15, 0.2) is 6.10 Å². The highest BCUT2D eigenvalue weighted by Crippen LogP contribution is 2.19. The van der Waals surface area contributed by atoms with E-state index in [1.165, 1.54) is 11.5 Å². The maximum Gasteiger partial charge on any atom is 0.268 e. The summed E-state index contributed by atoms with van der Waals surface area (Å²) < 4.78 is 2.79. The van der Waals surface area contributed by atoms with Gasteiger partial charge in [0.1, 0.15) is 0 Å². The Balaban J connectivity index is 1.84. The Kier molecular flexibility index (Phi) is 2.91. The molecule has 0 aliphatic carbocycles. The zero-order chi connectivity index (χ0) is 12.5. The molecule has 0 saturated heterocycles. The van der Waals surface area contributed by atoms with Crippen LogP contribution in [0.2, 0.25) is 0 Å². The molecule has 2 heterocycles. The molecule has 1 aliphatic heterocycles. The molecule has 0 radical (unpaired) electrons. The van der Waals surface area contributed by atoms with E-state index in [0.29, 0.717) is 6.54 Å². The van der Waals surface area contributed by atoms with Crippen LogP contribution in [0.4, 0.5) is 0 Å². The van der Waals surface area contributed by atoms with Crippen LogP contribution in [0.15, 0.2) is 34.2 Å². The van der Waals surface area contributed by atoms with E-state index in [1.54, 1.807) is 3.96 Å². The molecule has 1 aromatic carbocycles. The molecule has 1 unspecified atom stereocenters. The minimum Gasteiger partial charge on any atom is -0.390 e. The molecule has 0 saturated carbocycles. The van der Waals surface area contributed by atoms with Crippen molar-refractivity contribution in [2.24, 2.45) is 5.16 Å². The Morgan fingerprint density at radius 3 is 3.06 bits per heavy atom. The summed E-state index contributed by atoms with van der Waals surface area (Å²) >= 11 is 1.49. The lowest BCUT2D eigenvalue weighted by Gasteiger charge is -2.06. The van der Waals surface area contributed by atoms with Crippen LogP contribution in [-0.4, -0.2) is 15.8 Å². The van der Waals surface area contributed by atoms with E-state index in [4.69, 9.17) is 4.84 Å². The van der Waals surface area contributed by atoms with Crippen molar-refractivity contribution in [1.29, 1.82) is 0 Å². The summed E-state index contributed by atoms with van der Waals surface area (Å²) in [7, 11) is 0.